The lowest BCUT2D eigenvalue weighted by atomic mass is 9.84. The van der Waals surface area contributed by atoms with Gasteiger partial charge in [-0.1, -0.05) is 13.8 Å². The van der Waals surface area contributed by atoms with Crippen molar-refractivity contribution in [2.45, 2.75) is 19.3 Å². The standard InChI is InChI=1S/C21H8N6S4/c1-21(2)15-17-11(3-13(30-17)26-9(5-22)6-23)28-19(15)20-16(21)18-12(29-20)4-14(31-18)27-10(7-24)8-25/h3-4H,1-2H3. The molecule has 0 saturated heterocycles. The largest absolute Gasteiger partial charge is 0.219 e. The zero-order valence-electron chi connectivity index (χ0n) is 16.0. The molecule has 0 fully saturated rings. The highest BCUT2D eigenvalue weighted by Gasteiger charge is 2.43. The molecule has 4 heterocycles. The van der Waals surface area contributed by atoms with E-state index in [9.17, 15) is 0 Å². The summed E-state index contributed by atoms with van der Waals surface area (Å²) in [5.74, 6) is 0. The van der Waals surface area contributed by atoms with Crippen molar-refractivity contribution >= 4 is 85.6 Å². The van der Waals surface area contributed by atoms with E-state index in [2.05, 4.69) is 23.8 Å². The third kappa shape index (κ3) is 2.75. The molecule has 6 nitrogen and oxygen atoms in total. The van der Waals surface area contributed by atoms with Crippen molar-refractivity contribution < 1.29 is 0 Å². The van der Waals surface area contributed by atoms with Gasteiger partial charge in [-0.05, 0) is 23.3 Å². The lowest BCUT2D eigenvalue weighted by molar-refractivity contribution is 0.676. The molecule has 0 N–H and O–H groups in total. The minimum Gasteiger partial charge on any atom is -0.216 e. The van der Waals surface area contributed by atoms with E-state index < -0.39 is 0 Å². The van der Waals surface area contributed by atoms with Crippen molar-refractivity contribution in [3.8, 4) is 34.0 Å². The molecule has 4 aromatic rings. The SMILES string of the molecule is CC1(C)c2c(sc3cc(N=C(C#N)C#N)sc23)-c2sc3cc(N=C(C#N)C#N)sc3c21. The highest BCUT2D eigenvalue weighted by molar-refractivity contribution is 7.36. The van der Waals surface area contributed by atoms with Gasteiger partial charge in [0, 0.05) is 14.8 Å². The van der Waals surface area contributed by atoms with Crippen molar-refractivity contribution in [3.05, 3.63) is 23.3 Å². The molecule has 0 aliphatic heterocycles. The highest BCUT2D eigenvalue weighted by Crippen LogP contribution is 2.63. The number of rotatable bonds is 2. The van der Waals surface area contributed by atoms with Gasteiger partial charge in [-0.2, -0.15) is 21.0 Å². The predicted molar refractivity (Wildman–Crippen MR) is 127 cm³/mol. The third-order valence-corrected chi connectivity index (χ3v) is 9.82. The maximum Gasteiger partial charge on any atom is 0.219 e. The van der Waals surface area contributed by atoms with Crippen molar-refractivity contribution in [2.24, 2.45) is 9.98 Å². The molecule has 1 aliphatic rings. The molecular weight excluding hydrogens is 465 g/mol. The number of fused-ring (bicyclic) bond motifs is 7. The molecule has 0 radical (unpaired) electrons. The number of hydrogen-bond acceptors (Lipinski definition) is 10. The maximum atomic E-state index is 8.99. The highest BCUT2D eigenvalue weighted by atomic mass is 32.1. The van der Waals surface area contributed by atoms with Crippen molar-refractivity contribution in [1.82, 2.24) is 0 Å². The Kier molecular flexibility index (Phi) is 4.31. The molecular formula is C21H8N6S4. The van der Waals surface area contributed by atoms with Crippen LogP contribution in [0.25, 0.3) is 28.6 Å². The first-order valence-electron chi connectivity index (χ1n) is 8.83. The van der Waals surface area contributed by atoms with Gasteiger partial charge in [0.2, 0.25) is 11.4 Å². The second-order valence-corrected chi connectivity index (χ2v) is 11.3. The Morgan fingerprint density at radius 2 is 1.10 bits per heavy atom. The van der Waals surface area contributed by atoms with Crippen LogP contribution in [0.2, 0.25) is 0 Å². The molecule has 0 atom stereocenters. The zero-order valence-corrected chi connectivity index (χ0v) is 19.2. The summed E-state index contributed by atoms with van der Waals surface area (Å²) in [5, 5.41) is 37.3. The quantitative estimate of drug-likeness (QED) is 0.298. The maximum absolute atomic E-state index is 8.99. The summed E-state index contributed by atoms with van der Waals surface area (Å²) >= 11 is 6.43. The van der Waals surface area contributed by atoms with Crippen LogP contribution in [-0.4, -0.2) is 11.4 Å². The Labute approximate surface area is 192 Å². The van der Waals surface area contributed by atoms with Crippen molar-refractivity contribution in [3.63, 3.8) is 0 Å². The van der Waals surface area contributed by atoms with Crippen LogP contribution in [0.3, 0.4) is 0 Å². The molecule has 0 unspecified atom stereocenters. The Morgan fingerprint density at radius 3 is 1.45 bits per heavy atom. The van der Waals surface area contributed by atoms with Gasteiger partial charge >= 0.3 is 0 Å². The average Bonchev–Trinajstić information content (AvgIpc) is 3.49. The van der Waals surface area contributed by atoms with E-state index in [0.29, 0.717) is 10.0 Å². The van der Waals surface area contributed by atoms with Crippen LogP contribution in [-0.2, 0) is 5.41 Å². The van der Waals surface area contributed by atoms with Crippen molar-refractivity contribution in [1.29, 1.82) is 21.0 Å². The minimum absolute atomic E-state index is 0.147. The fourth-order valence-electron chi connectivity index (χ4n) is 3.81. The first-order chi connectivity index (χ1) is 14.9. The van der Waals surface area contributed by atoms with Crippen LogP contribution in [0.4, 0.5) is 10.0 Å². The number of nitriles is 4. The summed E-state index contributed by atoms with van der Waals surface area (Å²) in [5.41, 5.74) is 1.98. The fourth-order valence-corrected chi connectivity index (χ4v) is 9.60. The second kappa shape index (κ2) is 6.82. The Hall–Kier alpha value is -3.38. The van der Waals surface area contributed by atoms with Gasteiger partial charge in [0.05, 0.1) is 19.2 Å². The van der Waals surface area contributed by atoms with E-state index in [1.807, 2.05) is 36.4 Å². The molecule has 31 heavy (non-hydrogen) atoms. The molecule has 0 bridgehead atoms. The van der Waals surface area contributed by atoms with Crippen LogP contribution in [0.1, 0.15) is 25.0 Å². The Morgan fingerprint density at radius 1 is 0.710 bits per heavy atom. The molecule has 0 spiro atoms. The summed E-state index contributed by atoms with van der Waals surface area (Å²) in [7, 11) is 0. The van der Waals surface area contributed by atoms with E-state index in [1.165, 1.54) is 43.6 Å². The van der Waals surface area contributed by atoms with Crippen LogP contribution in [0.15, 0.2) is 22.1 Å². The Balaban J connectivity index is 1.68. The average molecular weight is 473 g/mol. The molecule has 1 aliphatic carbocycles. The van der Waals surface area contributed by atoms with E-state index in [0.717, 1.165) is 18.8 Å². The summed E-state index contributed by atoms with van der Waals surface area (Å²) in [6, 6.07) is 11.1. The van der Waals surface area contributed by atoms with Gasteiger partial charge in [-0.25, -0.2) is 9.98 Å². The molecule has 146 valence electrons. The van der Waals surface area contributed by atoms with Gasteiger partial charge in [-0.15, -0.1) is 45.3 Å². The van der Waals surface area contributed by atoms with Crippen LogP contribution < -0.4 is 0 Å². The number of hydrogen-bond donors (Lipinski definition) is 0. The van der Waals surface area contributed by atoms with E-state index in [-0.39, 0.29) is 16.8 Å². The predicted octanol–water partition coefficient (Wildman–Crippen LogP) is 6.78. The fraction of sp³-hybridized carbons (Fsp3) is 0.143. The summed E-state index contributed by atoms with van der Waals surface area (Å²) < 4.78 is 4.50. The molecule has 10 heteroatoms. The topological polar surface area (TPSA) is 120 Å². The van der Waals surface area contributed by atoms with Gasteiger partial charge in [0.15, 0.2) is 0 Å². The molecule has 4 aromatic heterocycles. The van der Waals surface area contributed by atoms with Crippen molar-refractivity contribution in [2.75, 3.05) is 0 Å². The number of aliphatic imine (C=N–C) groups is 2. The number of nitrogens with zero attached hydrogens (tertiary/aromatic N) is 6. The lowest BCUT2D eigenvalue weighted by Crippen LogP contribution is -2.14. The normalized spacial score (nSPS) is 13.0. The van der Waals surface area contributed by atoms with Gasteiger partial charge in [-0.3, -0.25) is 0 Å². The third-order valence-electron chi connectivity index (χ3n) is 5.03. The molecule has 0 amide bonds. The van der Waals surface area contributed by atoms with Gasteiger partial charge in [0.1, 0.15) is 34.3 Å². The molecule has 0 saturated carbocycles. The van der Waals surface area contributed by atoms with E-state index >= 15 is 0 Å². The van der Waals surface area contributed by atoms with E-state index in [4.69, 9.17) is 21.0 Å². The van der Waals surface area contributed by atoms with Crippen LogP contribution in [0, 0.1) is 45.3 Å². The van der Waals surface area contributed by atoms with Crippen LogP contribution in [0.5, 0.6) is 0 Å². The minimum atomic E-state index is -0.237. The molecule has 5 rings (SSSR count). The summed E-state index contributed by atoms with van der Waals surface area (Å²) in [6.07, 6.45) is 0. The Bertz CT molecular complexity index is 1500. The lowest BCUT2D eigenvalue weighted by Gasteiger charge is -2.19. The van der Waals surface area contributed by atoms with Crippen LogP contribution >= 0.6 is 45.3 Å². The second-order valence-electron chi connectivity index (χ2n) is 7.16. The monoisotopic (exact) mass is 472 g/mol. The first-order valence-corrected chi connectivity index (χ1v) is 12.1. The zero-order chi connectivity index (χ0) is 21.9. The van der Waals surface area contributed by atoms with Gasteiger partial charge < -0.3 is 0 Å². The van der Waals surface area contributed by atoms with Gasteiger partial charge in [0.25, 0.3) is 0 Å². The summed E-state index contributed by atoms with van der Waals surface area (Å²) in [6.45, 7) is 4.40. The summed E-state index contributed by atoms with van der Waals surface area (Å²) in [4.78, 5) is 10.8. The molecule has 0 aromatic carbocycles. The smallest absolute Gasteiger partial charge is 0.216 e. The number of thiophene rings is 4. The van der Waals surface area contributed by atoms with E-state index in [1.54, 1.807) is 22.7 Å². The first kappa shape index (κ1) is 19.6.